The SMILES string of the molecule is CCC(C)C1=Cc2c(cccc2-c2ccccc2C)C1. The summed E-state index contributed by atoms with van der Waals surface area (Å²) in [6.45, 7) is 6.81. The van der Waals surface area contributed by atoms with Crippen LogP contribution in [0.2, 0.25) is 0 Å². The van der Waals surface area contributed by atoms with Gasteiger partial charge in [0, 0.05) is 0 Å². The molecule has 0 spiro atoms. The summed E-state index contributed by atoms with van der Waals surface area (Å²) in [5.74, 6) is 0.687. The fourth-order valence-electron chi connectivity index (χ4n) is 3.08. The maximum Gasteiger partial charge on any atom is -0.00549 e. The molecule has 0 fully saturated rings. The van der Waals surface area contributed by atoms with E-state index >= 15 is 0 Å². The molecule has 0 aromatic heterocycles. The first-order chi connectivity index (χ1) is 9.70. The highest BCUT2D eigenvalue weighted by molar-refractivity contribution is 5.82. The molecule has 0 bridgehead atoms. The molecule has 2 aromatic carbocycles. The minimum absolute atomic E-state index is 0.687. The van der Waals surface area contributed by atoms with Crippen LogP contribution in [0.3, 0.4) is 0 Å². The Hall–Kier alpha value is -1.82. The summed E-state index contributed by atoms with van der Waals surface area (Å²) in [7, 11) is 0. The number of rotatable bonds is 3. The third-order valence-electron chi connectivity index (χ3n) is 4.60. The van der Waals surface area contributed by atoms with Crippen molar-refractivity contribution in [2.75, 3.05) is 0 Å². The predicted molar refractivity (Wildman–Crippen MR) is 87.8 cm³/mol. The Morgan fingerprint density at radius 2 is 1.75 bits per heavy atom. The highest BCUT2D eigenvalue weighted by atomic mass is 14.2. The predicted octanol–water partition coefficient (Wildman–Crippen LogP) is 5.65. The Balaban J connectivity index is 2.11. The first-order valence-electron chi connectivity index (χ1n) is 7.59. The van der Waals surface area contributed by atoms with Crippen LogP contribution in [0, 0.1) is 12.8 Å². The van der Waals surface area contributed by atoms with E-state index in [0.29, 0.717) is 5.92 Å². The second-order valence-electron chi connectivity index (χ2n) is 5.90. The molecule has 0 heterocycles. The van der Waals surface area contributed by atoms with Crippen molar-refractivity contribution in [2.45, 2.75) is 33.6 Å². The second-order valence-corrected chi connectivity index (χ2v) is 5.90. The van der Waals surface area contributed by atoms with E-state index in [1.807, 2.05) is 0 Å². The lowest BCUT2D eigenvalue weighted by Gasteiger charge is -2.10. The summed E-state index contributed by atoms with van der Waals surface area (Å²) < 4.78 is 0. The van der Waals surface area contributed by atoms with Crippen molar-refractivity contribution in [2.24, 2.45) is 5.92 Å². The minimum atomic E-state index is 0.687. The molecule has 2 aromatic rings. The van der Waals surface area contributed by atoms with Gasteiger partial charge in [-0.2, -0.15) is 0 Å². The molecule has 0 N–H and O–H groups in total. The summed E-state index contributed by atoms with van der Waals surface area (Å²) in [4.78, 5) is 0. The highest BCUT2D eigenvalue weighted by Crippen LogP contribution is 2.37. The summed E-state index contributed by atoms with van der Waals surface area (Å²) in [5.41, 5.74) is 8.62. The standard InChI is InChI=1S/C20H22/c1-4-14(2)17-12-16-9-7-11-19(20(16)13-17)18-10-6-5-8-15(18)3/h5-11,13-14H,4,12H2,1-3H3. The normalized spacial score (nSPS) is 14.8. The van der Waals surface area contributed by atoms with E-state index in [-0.39, 0.29) is 0 Å². The number of fused-ring (bicyclic) bond motifs is 1. The van der Waals surface area contributed by atoms with Crippen LogP contribution >= 0.6 is 0 Å². The largest absolute Gasteiger partial charge is 0.0648 e. The van der Waals surface area contributed by atoms with Crippen molar-refractivity contribution in [1.82, 2.24) is 0 Å². The summed E-state index contributed by atoms with van der Waals surface area (Å²) >= 11 is 0. The van der Waals surface area contributed by atoms with E-state index in [2.05, 4.69) is 69.3 Å². The molecule has 0 nitrogen and oxygen atoms in total. The lowest BCUT2D eigenvalue weighted by molar-refractivity contribution is 0.647. The Kier molecular flexibility index (Phi) is 3.48. The molecule has 102 valence electrons. The molecule has 0 aliphatic heterocycles. The van der Waals surface area contributed by atoms with Gasteiger partial charge in [-0.3, -0.25) is 0 Å². The van der Waals surface area contributed by atoms with E-state index in [0.717, 1.165) is 6.42 Å². The zero-order chi connectivity index (χ0) is 14.1. The van der Waals surface area contributed by atoms with Gasteiger partial charge < -0.3 is 0 Å². The van der Waals surface area contributed by atoms with Crippen LogP contribution in [0.15, 0.2) is 48.0 Å². The fourth-order valence-corrected chi connectivity index (χ4v) is 3.08. The van der Waals surface area contributed by atoms with Crippen LogP contribution in [-0.4, -0.2) is 0 Å². The van der Waals surface area contributed by atoms with Crippen molar-refractivity contribution in [1.29, 1.82) is 0 Å². The molecule has 1 aliphatic rings. The van der Waals surface area contributed by atoms with Crippen LogP contribution in [0.1, 0.15) is 37.0 Å². The lowest BCUT2D eigenvalue weighted by Crippen LogP contribution is -1.96. The van der Waals surface area contributed by atoms with Gasteiger partial charge in [-0.25, -0.2) is 0 Å². The van der Waals surface area contributed by atoms with Gasteiger partial charge in [0.15, 0.2) is 0 Å². The molecule has 0 heteroatoms. The average Bonchev–Trinajstić information content (AvgIpc) is 2.91. The molecule has 1 aliphatic carbocycles. The zero-order valence-electron chi connectivity index (χ0n) is 12.6. The average molecular weight is 262 g/mol. The Morgan fingerprint density at radius 1 is 1.00 bits per heavy atom. The smallest absolute Gasteiger partial charge is 0.00549 e. The Morgan fingerprint density at radius 3 is 2.50 bits per heavy atom. The van der Waals surface area contributed by atoms with Crippen molar-refractivity contribution < 1.29 is 0 Å². The molecule has 0 saturated heterocycles. The molecule has 1 unspecified atom stereocenters. The van der Waals surface area contributed by atoms with Crippen molar-refractivity contribution in [3.05, 3.63) is 64.7 Å². The van der Waals surface area contributed by atoms with Gasteiger partial charge >= 0.3 is 0 Å². The third kappa shape index (κ3) is 2.20. The van der Waals surface area contributed by atoms with E-state index in [9.17, 15) is 0 Å². The van der Waals surface area contributed by atoms with Crippen molar-refractivity contribution in [3.8, 4) is 11.1 Å². The quantitative estimate of drug-likeness (QED) is 0.670. The van der Waals surface area contributed by atoms with Gasteiger partial charge in [0.05, 0.1) is 0 Å². The number of hydrogen-bond donors (Lipinski definition) is 0. The lowest BCUT2D eigenvalue weighted by atomic mass is 9.94. The van der Waals surface area contributed by atoms with Crippen LogP contribution in [0.5, 0.6) is 0 Å². The van der Waals surface area contributed by atoms with E-state index in [4.69, 9.17) is 0 Å². The summed E-state index contributed by atoms with van der Waals surface area (Å²) in [6, 6.07) is 15.4. The molecule has 0 saturated carbocycles. The molecular formula is C20H22. The summed E-state index contributed by atoms with van der Waals surface area (Å²) in [5, 5.41) is 0. The van der Waals surface area contributed by atoms with Crippen molar-refractivity contribution >= 4 is 6.08 Å². The van der Waals surface area contributed by atoms with Gasteiger partial charge in [0.2, 0.25) is 0 Å². The van der Waals surface area contributed by atoms with Gasteiger partial charge in [-0.1, -0.05) is 68.0 Å². The molecular weight excluding hydrogens is 240 g/mol. The number of benzene rings is 2. The first kappa shape index (κ1) is 13.2. The third-order valence-corrected chi connectivity index (χ3v) is 4.60. The number of hydrogen-bond acceptors (Lipinski definition) is 0. The Bertz CT molecular complexity index is 661. The van der Waals surface area contributed by atoms with Gasteiger partial charge in [0.25, 0.3) is 0 Å². The maximum absolute atomic E-state index is 2.44. The van der Waals surface area contributed by atoms with E-state index < -0.39 is 0 Å². The zero-order valence-corrected chi connectivity index (χ0v) is 12.6. The fraction of sp³-hybridized carbons (Fsp3) is 0.300. The molecule has 20 heavy (non-hydrogen) atoms. The monoisotopic (exact) mass is 262 g/mol. The van der Waals surface area contributed by atoms with Crippen LogP contribution in [0.4, 0.5) is 0 Å². The number of allylic oxidation sites excluding steroid dienone is 1. The van der Waals surface area contributed by atoms with Gasteiger partial charge in [0.1, 0.15) is 0 Å². The molecule has 3 rings (SSSR count). The Labute approximate surface area is 122 Å². The highest BCUT2D eigenvalue weighted by Gasteiger charge is 2.19. The van der Waals surface area contributed by atoms with Gasteiger partial charge in [-0.15, -0.1) is 0 Å². The number of aryl methyl sites for hydroxylation is 1. The second kappa shape index (κ2) is 5.28. The first-order valence-corrected chi connectivity index (χ1v) is 7.59. The summed E-state index contributed by atoms with van der Waals surface area (Å²) in [6.07, 6.45) is 4.79. The van der Waals surface area contributed by atoms with E-state index in [1.54, 1.807) is 5.57 Å². The molecule has 1 atom stereocenters. The maximum atomic E-state index is 2.44. The van der Waals surface area contributed by atoms with Crippen LogP contribution in [-0.2, 0) is 6.42 Å². The van der Waals surface area contributed by atoms with Crippen molar-refractivity contribution in [3.63, 3.8) is 0 Å². The van der Waals surface area contributed by atoms with Crippen LogP contribution in [0.25, 0.3) is 17.2 Å². The van der Waals surface area contributed by atoms with Gasteiger partial charge in [-0.05, 0) is 53.5 Å². The van der Waals surface area contributed by atoms with Crippen LogP contribution < -0.4 is 0 Å². The molecule has 0 radical (unpaired) electrons. The topological polar surface area (TPSA) is 0 Å². The molecule has 0 amide bonds. The minimum Gasteiger partial charge on any atom is -0.0648 e. The van der Waals surface area contributed by atoms with E-state index in [1.165, 1.54) is 34.2 Å².